The van der Waals surface area contributed by atoms with Gasteiger partial charge >= 0.3 is 5.65 Å². The molecule has 0 aromatic carbocycles. The Morgan fingerprint density at radius 2 is 2.23 bits per heavy atom. The third kappa shape index (κ3) is 0.986. The van der Waals surface area contributed by atoms with Gasteiger partial charge in [0.2, 0.25) is 0 Å². The zero-order valence-corrected chi connectivity index (χ0v) is 7.35. The monoisotopic (exact) mass is 179 g/mol. The first kappa shape index (κ1) is 7.78. The van der Waals surface area contributed by atoms with Gasteiger partial charge in [-0.05, 0) is 0 Å². The Balaban J connectivity index is 2.97. The summed E-state index contributed by atoms with van der Waals surface area (Å²) in [7, 11) is 3.57. The Morgan fingerprint density at radius 3 is 2.92 bits per heavy atom. The number of fused-ring (bicyclic) bond motifs is 1. The third-order valence-corrected chi connectivity index (χ3v) is 1.88. The van der Waals surface area contributed by atoms with Crippen molar-refractivity contribution in [3.63, 3.8) is 0 Å². The first-order valence-electron chi connectivity index (χ1n) is 3.75. The second-order valence-electron chi connectivity index (χ2n) is 2.90. The van der Waals surface area contributed by atoms with E-state index in [1.54, 1.807) is 29.6 Å². The van der Waals surface area contributed by atoms with Crippen molar-refractivity contribution in [3.05, 3.63) is 6.33 Å². The van der Waals surface area contributed by atoms with Gasteiger partial charge < -0.3 is 10.8 Å². The number of imidazole rings is 1. The van der Waals surface area contributed by atoms with Gasteiger partial charge in [-0.25, -0.2) is 9.55 Å². The fourth-order valence-electron chi connectivity index (χ4n) is 1.37. The average molecular weight is 179 g/mol. The van der Waals surface area contributed by atoms with Gasteiger partial charge in [0.05, 0.1) is 14.1 Å². The largest absolute Gasteiger partial charge is 0.856 e. The molecule has 0 aliphatic heterocycles. The Labute approximate surface area is 74.3 Å². The molecule has 2 aromatic heterocycles. The SMILES string of the molecule is Cn1c[n+](C)c2nc(N)nc([O-])c21. The van der Waals surface area contributed by atoms with Gasteiger partial charge in [-0.2, -0.15) is 0 Å². The van der Waals surface area contributed by atoms with E-state index in [1.165, 1.54) is 0 Å². The van der Waals surface area contributed by atoms with Crippen LogP contribution in [0.15, 0.2) is 6.33 Å². The van der Waals surface area contributed by atoms with Crippen LogP contribution in [0.5, 0.6) is 5.88 Å². The Morgan fingerprint density at radius 1 is 1.54 bits per heavy atom. The molecule has 0 bridgehead atoms. The highest BCUT2D eigenvalue weighted by Gasteiger charge is 2.14. The minimum atomic E-state index is -0.342. The van der Waals surface area contributed by atoms with E-state index in [0.29, 0.717) is 11.2 Å². The molecule has 68 valence electrons. The lowest BCUT2D eigenvalue weighted by Crippen LogP contribution is -2.26. The van der Waals surface area contributed by atoms with E-state index < -0.39 is 0 Å². The molecular formula is C7H9N5O. The van der Waals surface area contributed by atoms with Crippen LogP contribution in [0.3, 0.4) is 0 Å². The van der Waals surface area contributed by atoms with Crippen molar-refractivity contribution < 1.29 is 9.67 Å². The zero-order valence-electron chi connectivity index (χ0n) is 7.35. The molecule has 6 heteroatoms. The van der Waals surface area contributed by atoms with Crippen molar-refractivity contribution in [2.24, 2.45) is 14.1 Å². The predicted octanol–water partition coefficient (Wildman–Crippen LogP) is -1.55. The standard InChI is InChI=1S/C7H9N5O/c1-11-3-12(2)5-4(11)6(13)10-7(8)9-5/h3H,1-2H3,(H2-,8,9,10,13). The number of aryl methyl sites for hydroxylation is 2. The van der Waals surface area contributed by atoms with Crippen LogP contribution >= 0.6 is 0 Å². The number of nitrogen functional groups attached to an aromatic ring is 1. The second-order valence-corrected chi connectivity index (χ2v) is 2.90. The van der Waals surface area contributed by atoms with Crippen molar-refractivity contribution >= 4 is 17.1 Å². The molecule has 0 fully saturated rings. The van der Waals surface area contributed by atoms with Gasteiger partial charge in [0.25, 0.3) is 5.95 Å². The lowest BCUT2D eigenvalue weighted by atomic mass is 10.5. The Bertz CT molecular complexity index is 475. The summed E-state index contributed by atoms with van der Waals surface area (Å²) in [6, 6.07) is 0. The molecule has 0 saturated carbocycles. The van der Waals surface area contributed by atoms with Crippen LogP contribution in [0.4, 0.5) is 5.95 Å². The molecule has 13 heavy (non-hydrogen) atoms. The van der Waals surface area contributed by atoms with Crippen LogP contribution in [0, 0.1) is 0 Å². The smallest absolute Gasteiger partial charge is 0.306 e. The number of aromatic nitrogens is 4. The summed E-state index contributed by atoms with van der Waals surface area (Å²) in [6.45, 7) is 0. The highest BCUT2D eigenvalue weighted by atomic mass is 16.3. The summed E-state index contributed by atoms with van der Waals surface area (Å²) in [6.07, 6.45) is 1.75. The van der Waals surface area contributed by atoms with Crippen LogP contribution < -0.4 is 15.4 Å². The molecule has 0 aliphatic carbocycles. The van der Waals surface area contributed by atoms with Gasteiger partial charge in [-0.1, -0.05) is 4.98 Å². The molecule has 0 saturated heterocycles. The first-order valence-corrected chi connectivity index (χ1v) is 3.75. The highest BCUT2D eigenvalue weighted by Crippen LogP contribution is 2.15. The predicted molar refractivity (Wildman–Crippen MR) is 43.5 cm³/mol. The maximum absolute atomic E-state index is 11.4. The normalized spacial score (nSPS) is 10.9. The van der Waals surface area contributed by atoms with Crippen LogP contribution in [0.25, 0.3) is 11.2 Å². The highest BCUT2D eigenvalue weighted by molar-refractivity contribution is 5.73. The van der Waals surface area contributed by atoms with Crippen LogP contribution in [0.2, 0.25) is 0 Å². The first-order chi connectivity index (χ1) is 6.09. The lowest BCUT2D eigenvalue weighted by molar-refractivity contribution is -0.647. The average Bonchev–Trinajstić information content (AvgIpc) is 2.27. The fraction of sp³-hybridized carbons (Fsp3) is 0.286. The summed E-state index contributed by atoms with van der Waals surface area (Å²) < 4.78 is 3.41. The molecule has 0 spiro atoms. The van der Waals surface area contributed by atoms with Gasteiger partial charge in [0.15, 0.2) is 11.8 Å². The summed E-state index contributed by atoms with van der Waals surface area (Å²) in [4.78, 5) is 7.52. The fourth-order valence-corrected chi connectivity index (χ4v) is 1.37. The molecule has 2 N–H and O–H groups in total. The van der Waals surface area contributed by atoms with E-state index >= 15 is 0 Å². The number of hydrogen-bond donors (Lipinski definition) is 1. The summed E-state index contributed by atoms with van der Waals surface area (Å²) in [5, 5.41) is 11.4. The Kier molecular flexibility index (Phi) is 1.39. The second kappa shape index (κ2) is 2.32. The lowest BCUT2D eigenvalue weighted by Gasteiger charge is -2.02. The number of hydrogen-bond acceptors (Lipinski definition) is 4. The molecule has 0 radical (unpaired) electrons. The molecule has 2 aromatic rings. The van der Waals surface area contributed by atoms with Crippen molar-refractivity contribution in [1.29, 1.82) is 0 Å². The number of nitrogens with zero attached hydrogens (tertiary/aromatic N) is 4. The van der Waals surface area contributed by atoms with Crippen LogP contribution in [-0.2, 0) is 14.1 Å². The van der Waals surface area contributed by atoms with E-state index in [0.717, 1.165) is 0 Å². The number of rotatable bonds is 0. The van der Waals surface area contributed by atoms with E-state index in [9.17, 15) is 5.11 Å². The van der Waals surface area contributed by atoms with Crippen molar-refractivity contribution in [1.82, 2.24) is 14.5 Å². The Hall–Kier alpha value is -1.85. The van der Waals surface area contributed by atoms with E-state index in [-0.39, 0.29) is 11.8 Å². The van der Waals surface area contributed by atoms with E-state index in [2.05, 4.69) is 9.97 Å². The van der Waals surface area contributed by atoms with Gasteiger partial charge in [0.1, 0.15) is 0 Å². The van der Waals surface area contributed by atoms with Crippen molar-refractivity contribution in [2.45, 2.75) is 0 Å². The summed E-state index contributed by atoms with van der Waals surface area (Å²) in [5.41, 5.74) is 6.38. The summed E-state index contributed by atoms with van der Waals surface area (Å²) >= 11 is 0. The topological polar surface area (TPSA) is 83.7 Å². The molecule has 0 aliphatic rings. The molecule has 6 nitrogen and oxygen atoms in total. The van der Waals surface area contributed by atoms with E-state index in [1.807, 2.05) is 0 Å². The molecular weight excluding hydrogens is 170 g/mol. The molecule has 2 rings (SSSR count). The quantitative estimate of drug-likeness (QED) is 0.496. The van der Waals surface area contributed by atoms with Crippen molar-refractivity contribution in [2.75, 3.05) is 5.73 Å². The number of nitrogens with two attached hydrogens (primary N) is 1. The van der Waals surface area contributed by atoms with Crippen molar-refractivity contribution in [3.8, 4) is 5.88 Å². The molecule has 0 amide bonds. The zero-order chi connectivity index (χ0) is 9.59. The maximum Gasteiger partial charge on any atom is 0.306 e. The van der Waals surface area contributed by atoms with Gasteiger partial charge in [-0.15, -0.1) is 0 Å². The van der Waals surface area contributed by atoms with E-state index in [4.69, 9.17) is 5.73 Å². The minimum Gasteiger partial charge on any atom is -0.856 e. The third-order valence-electron chi connectivity index (χ3n) is 1.88. The number of anilines is 1. The van der Waals surface area contributed by atoms with Gasteiger partial charge in [-0.3, -0.25) is 4.57 Å². The summed E-state index contributed by atoms with van der Waals surface area (Å²) in [5.74, 6) is -0.329. The van der Waals surface area contributed by atoms with Gasteiger partial charge in [0, 0.05) is 5.88 Å². The maximum atomic E-state index is 11.4. The molecule has 2 heterocycles. The van der Waals surface area contributed by atoms with Crippen LogP contribution in [0.1, 0.15) is 0 Å². The molecule has 0 unspecified atom stereocenters. The molecule has 0 atom stereocenters. The minimum absolute atomic E-state index is 0.0132. The van der Waals surface area contributed by atoms with Crippen LogP contribution in [-0.4, -0.2) is 14.5 Å².